The van der Waals surface area contributed by atoms with Crippen LogP contribution in [0.5, 0.6) is 0 Å². The van der Waals surface area contributed by atoms with Crippen molar-refractivity contribution in [2.45, 2.75) is 25.4 Å². The van der Waals surface area contributed by atoms with Gasteiger partial charge in [-0.15, -0.1) is 0 Å². The monoisotopic (exact) mass is 392 g/mol. The highest BCUT2D eigenvalue weighted by Gasteiger charge is 2.43. The molecule has 5 nitrogen and oxygen atoms in total. The lowest BCUT2D eigenvalue weighted by molar-refractivity contribution is 0.192. The standard InChI is InChI=1S/C19H22Cl2N4O/c1-23(9-13-2-4-16(20)5-3-13)18-6-14-10-24(11-15(14)7-18)19(26)25-12-17(21)8-22-25/h2-5,8,12,14-15,18H,6-7,9-11H2,1H3/t14-,15+,18+. The smallest absolute Gasteiger partial charge is 0.322 e. The van der Waals surface area contributed by atoms with E-state index in [0.717, 1.165) is 37.5 Å². The molecule has 0 bridgehead atoms. The van der Waals surface area contributed by atoms with Gasteiger partial charge in [0.25, 0.3) is 0 Å². The molecule has 4 rings (SSSR count). The second kappa shape index (κ2) is 7.22. The Labute approximate surface area is 163 Å². The van der Waals surface area contributed by atoms with Crippen molar-refractivity contribution in [2.75, 3.05) is 20.1 Å². The van der Waals surface area contributed by atoms with E-state index in [1.807, 2.05) is 17.0 Å². The number of benzene rings is 1. The molecular formula is C19H22Cl2N4O. The topological polar surface area (TPSA) is 41.4 Å². The molecule has 2 aliphatic rings. The van der Waals surface area contributed by atoms with E-state index < -0.39 is 0 Å². The molecule has 1 aromatic carbocycles. The van der Waals surface area contributed by atoms with E-state index in [9.17, 15) is 4.79 Å². The van der Waals surface area contributed by atoms with Gasteiger partial charge in [0.2, 0.25) is 0 Å². The Hall–Kier alpha value is -1.56. The first-order valence-corrected chi connectivity index (χ1v) is 9.69. The zero-order valence-electron chi connectivity index (χ0n) is 14.7. The Morgan fingerprint density at radius 2 is 1.81 bits per heavy atom. The number of carbonyl (C=O) groups excluding carboxylic acids is 1. The van der Waals surface area contributed by atoms with E-state index in [2.05, 4.69) is 29.2 Å². The average Bonchev–Trinajstić information content (AvgIpc) is 3.30. The van der Waals surface area contributed by atoms with Crippen molar-refractivity contribution in [1.29, 1.82) is 0 Å². The first-order valence-electron chi connectivity index (χ1n) is 8.93. The summed E-state index contributed by atoms with van der Waals surface area (Å²) in [5, 5.41) is 5.29. The summed E-state index contributed by atoms with van der Waals surface area (Å²) < 4.78 is 1.34. The highest BCUT2D eigenvalue weighted by Crippen LogP contribution is 2.40. The summed E-state index contributed by atoms with van der Waals surface area (Å²) in [7, 11) is 2.19. The van der Waals surface area contributed by atoms with Crippen molar-refractivity contribution < 1.29 is 4.79 Å². The van der Waals surface area contributed by atoms with Crippen LogP contribution in [0, 0.1) is 11.8 Å². The molecule has 0 radical (unpaired) electrons. The average molecular weight is 393 g/mol. The number of rotatable bonds is 3. The normalized spacial score (nSPS) is 25.1. The van der Waals surface area contributed by atoms with Crippen LogP contribution in [0.4, 0.5) is 4.79 Å². The second-order valence-electron chi connectivity index (χ2n) is 7.48. The summed E-state index contributed by atoms with van der Waals surface area (Å²) >= 11 is 11.8. The number of fused-ring (bicyclic) bond motifs is 1. The third kappa shape index (κ3) is 3.61. The van der Waals surface area contributed by atoms with Crippen LogP contribution in [-0.2, 0) is 6.54 Å². The Morgan fingerprint density at radius 1 is 1.15 bits per heavy atom. The molecule has 0 N–H and O–H groups in total. The maximum Gasteiger partial charge on any atom is 0.344 e. The number of likely N-dealkylation sites (tertiary alicyclic amines) is 1. The lowest BCUT2D eigenvalue weighted by Gasteiger charge is -2.26. The molecule has 2 aromatic rings. The molecule has 1 aromatic heterocycles. The van der Waals surface area contributed by atoms with E-state index in [4.69, 9.17) is 23.2 Å². The largest absolute Gasteiger partial charge is 0.344 e. The SMILES string of the molecule is CN(Cc1ccc(Cl)cc1)[C@H]1C[C@@H]2CN(C(=O)n3cc(Cl)cn3)C[C@@H]2C1. The van der Waals surface area contributed by atoms with Gasteiger partial charge < -0.3 is 4.90 Å². The van der Waals surface area contributed by atoms with Gasteiger partial charge in [-0.1, -0.05) is 35.3 Å². The van der Waals surface area contributed by atoms with Gasteiger partial charge in [0.05, 0.1) is 17.4 Å². The number of hydrogen-bond acceptors (Lipinski definition) is 3. The minimum atomic E-state index is -0.0719. The van der Waals surface area contributed by atoms with Gasteiger partial charge in [0.15, 0.2) is 0 Å². The lowest BCUT2D eigenvalue weighted by atomic mass is 10.0. The fourth-order valence-corrected chi connectivity index (χ4v) is 4.60. The van der Waals surface area contributed by atoms with Crippen molar-refractivity contribution in [2.24, 2.45) is 11.8 Å². The van der Waals surface area contributed by atoms with E-state index in [1.165, 1.54) is 16.4 Å². The molecule has 138 valence electrons. The summed E-state index contributed by atoms with van der Waals surface area (Å²) in [4.78, 5) is 16.9. The van der Waals surface area contributed by atoms with Crippen LogP contribution in [0.25, 0.3) is 0 Å². The summed E-state index contributed by atoms with van der Waals surface area (Å²) in [6.07, 6.45) is 5.34. The maximum absolute atomic E-state index is 12.5. The van der Waals surface area contributed by atoms with Crippen molar-refractivity contribution in [3.05, 3.63) is 52.3 Å². The molecule has 7 heteroatoms. The fourth-order valence-electron chi connectivity index (χ4n) is 4.34. The first-order chi connectivity index (χ1) is 12.5. The van der Waals surface area contributed by atoms with Crippen LogP contribution in [0.2, 0.25) is 10.0 Å². The number of carbonyl (C=O) groups is 1. The van der Waals surface area contributed by atoms with Crippen molar-refractivity contribution in [3.63, 3.8) is 0 Å². The second-order valence-corrected chi connectivity index (χ2v) is 8.35. The summed E-state index contributed by atoms with van der Waals surface area (Å²) in [6, 6.07) is 8.56. The molecule has 0 unspecified atom stereocenters. The third-order valence-corrected chi connectivity index (χ3v) is 6.16. The number of hydrogen-bond donors (Lipinski definition) is 0. The van der Waals surface area contributed by atoms with Crippen molar-refractivity contribution in [3.8, 4) is 0 Å². The van der Waals surface area contributed by atoms with Gasteiger partial charge in [0.1, 0.15) is 0 Å². The third-order valence-electron chi connectivity index (χ3n) is 5.71. The molecule has 1 saturated heterocycles. The molecular weight excluding hydrogens is 371 g/mol. The Balaban J connectivity index is 1.33. The molecule has 0 spiro atoms. The van der Waals surface area contributed by atoms with Gasteiger partial charge in [-0.25, -0.2) is 4.79 Å². The number of nitrogens with zero attached hydrogens (tertiary/aromatic N) is 4. The lowest BCUT2D eigenvalue weighted by Crippen LogP contribution is -2.36. The Bertz CT molecular complexity index is 777. The maximum atomic E-state index is 12.5. The molecule has 2 fully saturated rings. The minimum absolute atomic E-state index is 0.0719. The van der Waals surface area contributed by atoms with Gasteiger partial charge in [0, 0.05) is 30.7 Å². The quantitative estimate of drug-likeness (QED) is 0.792. The Morgan fingerprint density at radius 3 is 2.38 bits per heavy atom. The van der Waals surface area contributed by atoms with Crippen LogP contribution in [-0.4, -0.2) is 51.8 Å². The summed E-state index contributed by atoms with van der Waals surface area (Å²) in [5.74, 6) is 1.14. The predicted octanol–water partition coefficient (Wildman–Crippen LogP) is 4.00. The zero-order valence-corrected chi connectivity index (χ0v) is 16.2. The number of amides is 1. The van der Waals surface area contributed by atoms with Gasteiger partial charge in [-0.3, -0.25) is 4.90 Å². The van der Waals surface area contributed by atoms with Crippen LogP contribution in [0.15, 0.2) is 36.7 Å². The molecule has 1 amide bonds. The Kier molecular flexibility index (Phi) is 4.95. The minimum Gasteiger partial charge on any atom is -0.322 e. The first kappa shape index (κ1) is 17.8. The van der Waals surface area contributed by atoms with Crippen LogP contribution in [0.1, 0.15) is 18.4 Å². The molecule has 1 aliphatic heterocycles. The van der Waals surface area contributed by atoms with Crippen LogP contribution in [0.3, 0.4) is 0 Å². The fraction of sp³-hybridized carbons (Fsp3) is 0.474. The van der Waals surface area contributed by atoms with Gasteiger partial charge >= 0.3 is 6.03 Å². The van der Waals surface area contributed by atoms with Crippen LogP contribution < -0.4 is 0 Å². The summed E-state index contributed by atoms with van der Waals surface area (Å²) in [6.45, 7) is 2.55. The van der Waals surface area contributed by atoms with E-state index in [0.29, 0.717) is 22.9 Å². The molecule has 1 aliphatic carbocycles. The van der Waals surface area contributed by atoms with Crippen molar-refractivity contribution in [1.82, 2.24) is 19.6 Å². The van der Waals surface area contributed by atoms with Crippen LogP contribution >= 0.6 is 23.2 Å². The highest BCUT2D eigenvalue weighted by atomic mass is 35.5. The molecule has 2 heterocycles. The van der Waals surface area contributed by atoms with Gasteiger partial charge in [-0.05, 0) is 49.4 Å². The van der Waals surface area contributed by atoms with E-state index >= 15 is 0 Å². The number of aromatic nitrogens is 2. The molecule has 3 atom stereocenters. The van der Waals surface area contributed by atoms with E-state index in [-0.39, 0.29) is 6.03 Å². The molecule has 1 saturated carbocycles. The van der Waals surface area contributed by atoms with E-state index in [1.54, 1.807) is 6.20 Å². The summed E-state index contributed by atoms with van der Waals surface area (Å²) in [5.41, 5.74) is 1.28. The number of halogens is 2. The zero-order chi connectivity index (χ0) is 18.3. The van der Waals surface area contributed by atoms with Crippen molar-refractivity contribution >= 4 is 29.2 Å². The highest BCUT2D eigenvalue weighted by molar-refractivity contribution is 6.30. The van der Waals surface area contributed by atoms with Gasteiger partial charge in [-0.2, -0.15) is 9.78 Å². The predicted molar refractivity (Wildman–Crippen MR) is 103 cm³/mol. The molecule has 26 heavy (non-hydrogen) atoms.